The Morgan fingerprint density at radius 1 is 0.880 bits per heavy atom. The van der Waals surface area contributed by atoms with Gasteiger partial charge >= 0.3 is 6.61 Å². The molecule has 0 radical (unpaired) electrons. The topological polar surface area (TPSA) is 9.23 Å². The number of aryl methyl sites for hydroxylation is 1. The van der Waals surface area contributed by atoms with Gasteiger partial charge in [-0.25, -0.2) is 0 Å². The van der Waals surface area contributed by atoms with Crippen molar-refractivity contribution in [2.45, 2.75) is 90.6 Å². The molecule has 0 amide bonds. The zero-order valence-corrected chi connectivity index (χ0v) is 15.7. The molecule has 0 saturated heterocycles. The Labute approximate surface area is 152 Å². The fraction of sp³-hybridized carbons (Fsp3) is 0.727. The standard InChI is InChI=1S/C22H34F2O/c1-2-3-4-5-6-7-18-8-10-19(11-9-18)12-13-20-14-16-21(17-15-20)25-22(23)24/h14-19,22H,2-13H2,1H3/t18-,19-. The molecule has 1 aliphatic carbocycles. The average molecular weight is 353 g/mol. The molecule has 0 N–H and O–H groups in total. The molecule has 0 atom stereocenters. The van der Waals surface area contributed by atoms with Crippen molar-refractivity contribution in [1.82, 2.24) is 0 Å². The van der Waals surface area contributed by atoms with Crippen molar-refractivity contribution in [3.05, 3.63) is 29.8 Å². The molecular formula is C22H34F2O. The van der Waals surface area contributed by atoms with Gasteiger partial charge in [0.15, 0.2) is 0 Å². The highest BCUT2D eigenvalue weighted by atomic mass is 19.3. The smallest absolute Gasteiger partial charge is 0.387 e. The number of halogens is 2. The summed E-state index contributed by atoms with van der Waals surface area (Å²) < 4.78 is 28.7. The van der Waals surface area contributed by atoms with E-state index >= 15 is 0 Å². The molecule has 1 nitrogen and oxygen atoms in total. The van der Waals surface area contributed by atoms with Crippen LogP contribution in [0.3, 0.4) is 0 Å². The third-order valence-corrected chi connectivity index (χ3v) is 5.67. The Hall–Kier alpha value is -1.12. The van der Waals surface area contributed by atoms with Gasteiger partial charge in [0.2, 0.25) is 0 Å². The van der Waals surface area contributed by atoms with Crippen molar-refractivity contribution in [2.24, 2.45) is 11.8 Å². The Kier molecular flexibility index (Phi) is 9.28. The number of hydrogen-bond acceptors (Lipinski definition) is 1. The first-order chi connectivity index (χ1) is 12.2. The third kappa shape index (κ3) is 8.20. The van der Waals surface area contributed by atoms with E-state index in [1.54, 1.807) is 12.1 Å². The van der Waals surface area contributed by atoms with Gasteiger partial charge in [-0.2, -0.15) is 8.78 Å². The predicted octanol–water partition coefficient (Wildman–Crippen LogP) is 7.39. The summed E-state index contributed by atoms with van der Waals surface area (Å²) in [6.07, 6.45) is 16.2. The van der Waals surface area contributed by atoms with E-state index in [9.17, 15) is 8.78 Å². The van der Waals surface area contributed by atoms with Gasteiger partial charge in [-0.3, -0.25) is 0 Å². The molecule has 1 aromatic carbocycles. The van der Waals surface area contributed by atoms with Gasteiger partial charge in [-0.15, -0.1) is 0 Å². The summed E-state index contributed by atoms with van der Waals surface area (Å²) in [5.74, 6) is 2.05. The van der Waals surface area contributed by atoms with Crippen LogP contribution in [0.1, 0.15) is 83.1 Å². The van der Waals surface area contributed by atoms with Crippen LogP contribution in [0, 0.1) is 11.8 Å². The first-order valence-corrected chi connectivity index (χ1v) is 10.2. The van der Waals surface area contributed by atoms with Gasteiger partial charge in [0, 0.05) is 0 Å². The molecule has 1 aliphatic rings. The second-order valence-electron chi connectivity index (χ2n) is 7.65. The second-order valence-corrected chi connectivity index (χ2v) is 7.65. The summed E-state index contributed by atoms with van der Waals surface area (Å²) in [5, 5.41) is 0. The Morgan fingerprint density at radius 2 is 1.48 bits per heavy atom. The molecule has 142 valence electrons. The molecule has 0 unspecified atom stereocenters. The Morgan fingerprint density at radius 3 is 2.08 bits per heavy atom. The van der Waals surface area contributed by atoms with E-state index in [0.29, 0.717) is 0 Å². The molecule has 0 spiro atoms. The Bertz CT molecular complexity index is 450. The SMILES string of the molecule is CCCCCCC[C@H]1CC[C@H](CCc2ccc(OC(F)F)cc2)CC1. The van der Waals surface area contributed by atoms with Crippen LogP contribution in [0.5, 0.6) is 5.75 Å². The summed E-state index contributed by atoms with van der Waals surface area (Å²) >= 11 is 0. The molecule has 0 aromatic heterocycles. The molecular weight excluding hydrogens is 318 g/mol. The summed E-state index contributed by atoms with van der Waals surface area (Å²) in [5.41, 5.74) is 1.22. The fourth-order valence-corrected chi connectivity index (χ4v) is 4.05. The maximum absolute atomic E-state index is 12.2. The molecule has 0 aliphatic heterocycles. The number of alkyl halides is 2. The zero-order valence-electron chi connectivity index (χ0n) is 15.7. The highest BCUT2D eigenvalue weighted by Crippen LogP contribution is 2.34. The third-order valence-electron chi connectivity index (χ3n) is 5.67. The summed E-state index contributed by atoms with van der Waals surface area (Å²) in [6, 6.07) is 7.13. The van der Waals surface area contributed by atoms with Crippen molar-refractivity contribution >= 4 is 0 Å². The Balaban J connectivity index is 1.59. The minimum atomic E-state index is -2.74. The first-order valence-electron chi connectivity index (χ1n) is 10.2. The summed E-state index contributed by atoms with van der Waals surface area (Å²) in [4.78, 5) is 0. The number of benzene rings is 1. The van der Waals surface area contributed by atoms with E-state index in [-0.39, 0.29) is 5.75 Å². The molecule has 2 rings (SSSR count). The molecule has 25 heavy (non-hydrogen) atoms. The number of unbranched alkanes of at least 4 members (excludes halogenated alkanes) is 4. The number of rotatable bonds is 11. The average Bonchev–Trinajstić information content (AvgIpc) is 2.61. The van der Waals surface area contributed by atoms with Gasteiger partial charge < -0.3 is 4.74 Å². The highest BCUT2D eigenvalue weighted by molar-refractivity contribution is 5.27. The van der Waals surface area contributed by atoms with Gasteiger partial charge in [-0.1, -0.05) is 83.3 Å². The van der Waals surface area contributed by atoms with E-state index in [1.165, 1.54) is 76.2 Å². The van der Waals surface area contributed by atoms with Crippen molar-refractivity contribution in [1.29, 1.82) is 0 Å². The predicted molar refractivity (Wildman–Crippen MR) is 100 cm³/mol. The lowest BCUT2D eigenvalue weighted by Gasteiger charge is -2.28. The molecule has 1 aromatic rings. The molecule has 1 fully saturated rings. The van der Waals surface area contributed by atoms with Crippen LogP contribution in [-0.2, 0) is 6.42 Å². The molecule has 0 heterocycles. The molecule has 0 bridgehead atoms. The fourth-order valence-electron chi connectivity index (χ4n) is 4.05. The summed E-state index contributed by atoms with van der Waals surface area (Å²) in [7, 11) is 0. The van der Waals surface area contributed by atoms with Crippen molar-refractivity contribution in [2.75, 3.05) is 0 Å². The van der Waals surface area contributed by atoms with Crippen LogP contribution in [-0.4, -0.2) is 6.61 Å². The van der Waals surface area contributed by atoms with Crippen LogP contribution in [0.25, 0.3) is 0 Å². The monoisotopic (exact) mass is 352 g/mol. The largest absolute Gasteiger partial charge is 0.435 e. The van der Waals surface area contributed by atoms with Gasteiger partial charge in [0.1, 0.15) is 5.75 Å². The second kappa shape index (κ2) is 11.5. The molecule has 3 heteroatoms. The lowest BCUT2D eigenvalue weighted by Crippen LogP contribution is -2.15. The van der Waals surface area contributed by atoms with E-state index in [0.717, 1.165) is 18.3 Å². The van der Waals surface area contributed by atoms with E-state index < -0.39 is 6.61 Å². The summed E-state index contributed by atoms with van der Waals surface area (Å²) in [6.45, 7) is -0.472. The zero-order chi connectivity index (χ0) is 17.9. The van der Waals surface area contributed by atoms with Crippen LogP contribution in [0.4, 0.5) is 8.78 Å². The van der Waals surface area contributed by atoms with E-state index in [2.05, 4.69) is 11.7 Å². The van der Waals surface area contributed by atoms with Crippen LogP contribution >= 0.6 is 0 Å². The lowest BCUT2D eigenvalue weighted by atomic mass is 9.78. The van der Waals surface area contributed by atoms with Gasteiger partial charge in [0.05, 0.1) is 0 Å². The van der Waals surface area contributed by atoms with Gasteiger partial charge in [-0.05, 0) is 42.4 Å². The highest BCUT2D eigenvalue weighted by Gasteiger charge is 2.20. The van der Waals surface area contributed by atoms with Crippen LogP contribution < -0.4 is 4.74 Å². The van der Waals surface area contributed by atoms with E-state index in [4.69, 9.17) is 0 Å². The maximum atomic E-state index is 12.2. The quantitative estimate of drug-likeness (QED) is 0.377. The van der Waals surface area contributed by atoms with Crippen LogP contribution in [0.2, 0.25) is 0 Å². The lowest BCUT2D eigenvalue weighted by molar-refractivity contribution is -0.0498. The van der Waals surface area contributed by atoms with E-state index in [1.807, 2.05) is 12.1 Å². The maximum Gasteiger partial charge on any atom is 0.387 e. The van der Waals surface area contributed by atoms with Gasteiger partial charge in [0.25, 0.3) is 0 Å². The van der Waals surface area contributed by atoms with Crippen LogP contribution in [0.15, 0.2) is 24.3 Å². The van der Waals surface area contributed by atoms with Crippen molar-refractivity contribution in [3.63, 3.8) is 0 Å². The minimum Gasteiger partial charge on any atom is -0.435 e. The molecule has 1 saturated carbocycles. The van der Waals surface area contributed by atoms with Crippen molar-refractivity contribution < 1.29 is 13.5 Å². The first kappa shape index (κ1) is 20.2. The normalized spacial score (nSPS) is 20.8. The number of hydrogen-bond donors (Lipinski definition) is 0. The minimum absolute atomic E-state index is 0.248. The number of ether oxygens (including phenoxy) is 1. The van der Waals surface area contributed by atoms with Crippen molar-refractivity contribution in [3.8, 4) is 5.75 Å².